The van der Waals surface area contributed by atoms with Gasteiger partial charge in [0.2, 0.25) is 5.95 Å². The minimum absolute atomic E-state index is 0.00638. The van der Waals surface area contributed by atoms with Crippen LogP contribution in [0.15, 0.2) is 60.8 Å². The Hall–Kier alpha value is -3.41. The highest BCUT2D eigenvalue weighted by Gasteiger charge is 2.28. The Bertz CT molecular complexity index is 1020. The summed E-state index contributed by atoms with van der Waals surface area (Å²) in [4.78, 5) is 33.2. The second-order valence-corrected chi connectivity index (χ2v) is 6.46. The Kier molecular flexibility index (Phi) is 4.46. The van der Waals surface area contributed by atoms with Crippen LogP contribution >= 0.6 is 0 Å². The van der Waals surface area contributed by atoms with Gasteiger partial charge < -0.3 is 0 Å². The van der Waals surface area contributed by atoms with E-state index >= 15 is 0 Å². The number of amides is 1. The number of carbonyl (C=O) groups is 2. The lowest BCUT2D eigenvalue weighted by Crippen LogP contribution is -2.22. The van der Waals surface area contributed by atoms with Crippen molar-refractivity contribution < 1.29 is 14.0 Å². The number of fused-ring (bicyclic) bond motifs is 1. The predicted octanol–water partition coefficient (Wildman–Crippen LogP) is 3.78. The van der Waals surface area contributed by atoms with Gasteiger partial charge in [-0.15, -0.1) is 0 Å². The van der Waals surface area contributed by atoms with Crippen molar-refractivity contribution in [3.05, 3.63) is 89.0 Å². The topological polar surface area (TPSA) is 72.0 Å². The summed E-state index contributed by atoms with van der Waals surface area (Å²) >= 11 is 0. The number of ketones is 1. The van der Waals surface area contributed by atoms with Crippen LogP contribution in [0.25, 0.3) is 0 Å². The number of nitrogens with one attached hydrogen (secondary N) is 1. The fourth-order valence-corrected chi connectivity index (χ4v) is 3.27. The normalized spacial score (nSPS) is 15.9. The Labute approximate surface area is 155 Å². The SMILES string of the molecule is O=C(Nc1ncc2c(n1)C[C@@H](c1ccccc1)CC2=O)c1cccc(F)c1. The molecule has 1 aliphatic carbocycles. The van der Waals surface area contributed by atoms with Crippen LogP contribution in [0.5, 0.6) is 0 Å². The molecule has 1 amide bonds. The van der Waals surface area contributed by atoms with Gasteiger partial charge in [-0.25, -0.2) is 14.4 Å². The average Bonchev–Trinajstić information content (AvgIpc) is 2.68. The van der Waals surface area contributed by atoms with Crippen LogP contribution in [0.1, 0.15) is 44.3 Å². The van der Waals surface area contributed by atoms with Crippen molar-refractivity contribution in [3.63, 3.8) is 0 Å². The summed E-state index contributed by atoms with van der Waals surface area (Å²) < 4.78 is 13.3. The first kappa shape index (κ1) is 17.0. The van der Waals surface area contributed by atoms with Gasteiger partial charge in [0.25, 0.3) is 5.91 Å². The molecule has 27 heavy (non-hydrogen) atoms. The monoisotopic (exact) mass is 361 g/mol. The van der Waals surface area contributed by atoms with Crippen molar-refractivity contribution in [3.8, 4) is 0 Å². The molecule has 0 fully saturated rings. The van der Waals surface area contributed by atoms with Crippen molar-refractivity contribution in [2.45, 2.75) is 18.8 Å². The number of carbonyl (C=O) groups excluding carboxylic acids is 2. The maximum absolute atomic E-state index is 13.3. The largest absolute Gasteiger partial charge is 0.294 e. The Morgan fingerprint density at radius 3 is 2.67 bits per heavy atom. The van der Waals surface area contributed by atoms with E-state index in [-0.39, 0.29) is 23.2 Å². The minimum atomic E-state index is -0.504. The van der Waals surface area contributed by atoms with E-state index in [1.54, 1.807) is 0 Å². The number of anilines is 1. The number of hydrogen-bond acceptors (Lipinski definition) is 4. The Balaban J connectivity index is 1.58. The molecule has 1 heterocycles. The molecule has 1 atom stereocenters. The predicted molar refractivity (Wildman–Crippen MR) is 98.2 cm³/mol. The van der Waals surface area contributed by atoms with Crippen molar-refractivity contribution in [1.82, 2.24) is 9.97 Å². The van der Waals surface area contributed by atoms with Crippen molar-refractivity contribution in [2.75, 3.05) is 5.32 Å². The zero-order valence-electron chi connectivity index (χ0n) is 14.4. The third-order valence-corrected chi connectivity index (χ3v) is 4.62. The van der Waals surface area contributed by atoms with Gasteiger partial charge in [-0.05, 0) is 36.1 Å². The quantitative estimate of drug-likeness (QED) is 0.771. The molecule has 5 nitrogen and oxygen atoms in total. The molecule has 0 spiro atoms. The van der Waals surface area contributed by atoms with Gasteiger partial charge in [0.1, 0.15) is 5.82 Å². The number of hydrogen-bond donors (Lipinski definition) is 1. The molecule has 3 aromatic rings. The van der Waals surface area contributed by atoms with Gasteiger partial charge >= 0.3 is 0 Å². The second kappa shape index (κ2) is 7.07. The average molecular weight is 361 g/mol. The molecule has 134 valence electrons. The molecule has 0 saturated carbocycles. The lowest BCUT2D eigenvalue weighted by atomic mass is 9.82. The smallest absolute Gasteiger partial charge is 0.258 e. The molecular weight excluding hydrogens is 345 g/mol. The van der Waals surface area contributed by atoms with E-state index in [0.29, 0.717) is 24.1 Å². The van der Waals surface area contributed by atoms with E-state index in [2.05, 4.69) is 15.3 Å². The number of nitrogens with zero attached hydrogens (tertiary/aromatic N) is 2. The standard InChI is InChI=1S/C21H16FN3O2/c22-16-8-4-7-14(9-16)20(27)25-21-23-12-17-18(24-21)10-15(11-19(17)26)13-5-2-1-3-6-13/h1-9,12,15H,10-11H2,(H,23,24,25,27)/t15-/m1/s1. The van der Waals surface area contributed by atoms with Crippen LogP contribution in [-0.2, 0) is 6.42 Å². The van der Waals surface area contributed by atoms with E-state index in [1.165, 1.54) is 24.4 Å². The minimum Gasteiger partial charge on any atom is -0.294 e. The number of Topliss-reactive ketones (excluding diaryl/α,β-unsaturated/α-hetero) is 1. The third kappa shape index (κ3) is 3.60. The number of benzene rings is 2. The first-order chi connectivity index (χ1) is 13.1. The summed E-state index contributed by atoms with van der Waals surface area (Å²) in [7, 11) is 0. The zero-order valence-corrected chi connectivity index (χ0v) is 14.4. The van der Waals surface area contributed by atoms with Gasteiger partial charge in [0.15, 0.2) is 5.78 Å². The fraction of sp³-hybridized carbons (Fsp3) is 0.143. The summed E-state index contributed by atoms with van der Waals surface area (Å²) in [5.41, 5.74) is 2.37. The van der Waals surface area contributed by atoms with Gasteiger partial charge in [0, 0.05) is 18.2 Å². The van der Waals surface area contributed by atoms with Crippen LogP contribution < -0.4 is 5.32 Å². The molecule has 0 radical (unpaired) electrons. The highest BCUT2D eigenvalue weighted by Crippen LogP contribution is 2.31. The van der Waals surface area contributed by atoms with Gasteiger partial charge in [-0.3, -0.25) is 14.9 Å². The molecule has 0 saturated heterocycles. The van der Waals surface area contributed by atoms with Crippen LogP contribution in [0.2, 0.25) is 0 Å². The summed E-state index contributed by atoms with van der Waals surface area (Å²) in [6.45, 7) is 0. The summed E-state index contributed by atoms with van der Waals surface area (Å²) in [6, 6.07) is 15.2. The van der Waals surface area contributed by atoms with Gasteiger partial charge in [0.05, 0.1) is 11.3 Å². The van der Waals surface area contributed by atoms with Crippen molar-refractivity contribution in [1.29, 1.82) is 0 Å². The molecule has 0 aliphatic heterocycles. The van der Waals surface area contributed by atoms with Crippen LogP contribution in [0, 0.1) is 5.82 Å². The summed E-state index contributed by atoms with van der Waals surface area (Å²) in [5.74, 6) is -0.855. The fourth-order valence-electron chi connectivity index (χ4n) is 3.27. The molecule has 6 heteroatoms. The maximum Gasteiger partial charge on any atom is 0.258 e. The maximum atomic E-state index is 13.3. The van der Waals surface area contributed by atoms with E-state index in [9.17, 15) is 14.0 Å². The van der Waals surface area contributed by atoms with E-state index in [1.807, 2.05) is 30.3 Å². The molecular formula is C21H16FN3O2. The van der Waals surface area contributed by atoms with Crippen molar-refractivity contribution >= 4 is 17.6 Å². The molecule has 1 aromatic heterocycles. The van der Waals surface area contributed by atoms with Crippen LogP contribution in [0.4, 0.5) is 10.3 Å². The highest BCUT2D eigenvalue weighted by atomic mass is 19.1. The Morgan fingerprint density at radius 2 is 1.89 bits per heavy atom. The molecule has 1 N–H and O–H groups in total. The van der Waals surface area contributed by atoms with Crippen molar-refractivity contribution in [2.24, 2.45) is 0 Å². The lowest BCUT2D eigenvalue weighted by molar-refractivity contribution is 0.0962. The molecule has 4 rings (SSSR count). The second-order valence-electron chi connectivity index (χ2n) is 6.46. The third-order valence-electron chi connectivity index (χ3n) is 4.62. The summed E-state index contributed by atoms with van der Waals surface area (Å²) in [6.07, 6.45) is 2.46. The van der Waals surface area contributed by atoms with E-state index < -0.39 is 11.7 Å². The number of halogens is 1. The number of aromatic nitrogens is 2. The Morgan fingerprint density at radius 1 is 1.07 bits per heavy atom. The van der Waals surface area contributed by atoms with Gasteiger partial charge in [-0.1, -0.05) is 36.4 Å². The molecule has 1 aliphatic rings. The molecule has 0 unspecified atom stereocenters. The van der Waals surface area contributed by atoms with Gasteiger partial charge in [-0.2, -0.15) is 0 Å². The highest BCUT2D eigenvalue weighted by molar-refractivity contribution is 6.03. The zero-order chi connectivity index (χ0) is 18.8. The molecule has 2 aromatic carbocycles. The van der Waals surface area contributed by atoms with Crippen LogP contribution in [0.3, 0.4) is 0 Å². The summed E-state index contributed by atoms with van der Waals surface area (Å²) in [5, 5.41) is 2.57. The van der Waals surface area contributed by atoms with E-state index in [0.717, 1.165) is 11.6 Å². The lowest BCUT2D eigenvalue weighted by Gasteiger charge is -2.23. The first-order valence-electron chi connectivity index (χ1n) is 8.61. The first-order valence-corrected chi connectivity index (χ1v) is 8.61. The number of rotatable bonds is 3. The van der Waals surface area contributed by atoms with Crippen LogP contribution in [-0.4, -0.2) is 21.7 Å². The molecule has 0 bridgehead atoms. The van der Waals surface area contributed by atoms with E-state index in [4.69, 9.17) is 0 Å².